The van der Waals surface area contributed by atoms with Crippen molar-refractivity contribution < 1.29 is 13.2 Å². The van der Waals surface area contributed by atoms with Crippen molar-refractivity contribution in [3.63, 3.8) is 0 Å². The van der Waals surface area contributed by atoms with Crippen LogP contribution < -0.4 is 0 Å². The molecule has 1 aliphatic rings. The van der Waals surface area contributed by atoms with Crippen LogP contribution in [0, 0.1) is 0 Å². The highest BCUT2D eigenvalue weighted by Gasteiger charge is 2.30. The van der Waals surface area contributed by atoms with Crippen LogP contribution in [-0.4, -0.2) is 64.9 Å². The zero-order valence-corrected chi connectivity index (χ0v) is 16.4. The third-order valence-corrected chi connectivity index (χ3v) is 6.73. The molecule has 0 aliphatic carbocycles. The highest BCUT2D eigenvalue weighted by molar-refractivity contribution is 7.89. The fourth-order valence-corrected chi connectivity index (χ4v) is 4.51. The second-order valence-corrected chi connectivity index (χ2v) is 8.88. The van der Waals surface area contributed by atoms with Gasteiger partial charge in [0.15, 0.2) is 0 Å². The molecule has 0 atom stereocenters. The number of piperazine rings is 1. The summed E-state index contributed by atoms with van der Waals surface area (Å²) in [6.07, 6.45) is 2.25. The van der Waals surface area contributed by atoms with E-state index in [0.29, 0.717) is 55.7 Å². The van der Waals surface area contributed by atoms with E-state index in [1.807, 2.05) is 12.1 Å². The van der Waals surface area contributed by atoms with Crippen molar-refractivity contribution in [3.05, 3.63) is 42.0 Å². The van der Waals surface area contributed by atoms with Gasteiger partial charge >= 0.3 is 0 Å². The lowest BCUT2D eigenvalue weighted by Gasteiger charge is -2.34. The maximum absolute atomic E-state index is 12.8. The highest BCUT2D eigenvalue weighted by Crippen LogP contribution is 2.21. The molecule has 0 bridgehead atoms. The molecule has 8 nitrogen and oxygen atoms in total. The zero-order chi connectivity index (χ0) is 19.4. The van der Waals surface area contributed by atoms with Crippen LogP contribution in [0.25, 0.3) is 0 Å². The number of hydrogen-bond donors (Lipinski definition) is 1. The molecule has 2 heterocycles. The van der Waals surface area contributed by atoms with Gasteiger partial charge in [0.1, 0.15) is 12.2 Å². The molecule has 1 amide bonds. The summed E-state index contributed by atoms with van der Waals surface area (Å²) in [6.45, 7) is 5.56. The molecular weight excluding hydrogens is 366 g/mol. The third kappa shape index (κ3) is 4.54. The first kappa shape index (κ1) is 19.5. The minimum atomic E-state index is -3.53. The average molecular weight is 391 g/mol. The molecule has 0 spiro atoms. The lowest BCUT2D eigenvalue weighted by molar-refractivity contribution is -0.132. The van der Waals surface area contributed by atoms with Gasteiger partial charge in [-0.25, -0.2) is 13.4 Å². The van der Waals surface area contributed by atoms with Crippen molar-refractivity contribution in [3.8, 4) is 0 Å². The second kappa shape index (κ2) is 8.18. The van der Waals surface area contributed by atoms with E-state index in [1.165, 1.54) is 10.6 Å². The Bertz CT molecular complexity index is 855. The number of H-pyrrole nitrogens is 1. The number of aryl methyl sites for hydroxylation is 1. The van der Waals surface area contributed by atoms with Crippen LogP contribution in [0.4, 0.5) is 0 Å². The lowest BCUT2D eigenvalue weighted by Crippen LogP contribution is -2.50. The van der Waals surface area contributed by atoms with Crippen molar-refractivity contribution in [1.82, 2.24) is 24.4 Å². The summed E-state index contributed by atoms with van der Waals surface area (Å²) in [4.78, 5) is 18.3. The van der Waals surface area contributed by atoms with Crippen LogP contribution in [-0.2, 0) is 21.2 Å². The summed E-state index contributed by atoms with van der Waals surface area (Å²) in [6, 6.07) is 7.06. The topological polar surface area (TPSA) is 99.3 Å². The predicted octanol–water partition coefficient (Wildman–Crippen LogP) is 1.39. The molecule has 0 saturated carbocycles. The normalized spacial score (nSPS) is 16.0. The van der Waals surface area contributed by atoms with E-state index in [2.05, 4.69) is 29.0 Å². The number of carbonyl (C=O) groups is 1. The van der Waals surface area contributed by atoms with Crippen LogP contribution in [0.15, 0.2) is 35.5 Å². The molecule has 0 radical (unpaired) electrons. The number of benzene rings is 1. The monoisotopic (exact) mass is 391 g/mol. The van der Waals surface area contributed by atoms with Crippen molar-refractivity contribution in [2.45, 2.75) is 37.5 Å². The molecule has 1 aromatic carbocycles. The number of nitrogens with zero attached hydrogens (tertiary/aromatic N) is 4. The number of aromatic amines is 1. The molecule has 1 N–H and O–H groups in total. The molecule has 1 aromatic heterocycles. The van der Waals surface area contributed by atoms with Gasteiger partial charge in [-0.3, -0.25) is 9.89 Å². The average Bonchev–Trinajstić information content (AvgIpc) is 3.20. The summed E-state index contributed by atoms with van der Waals surface area (Å²) in [7, 11) is -3.53. The van der Waals surface area contributed by atoms with E-state index in [0.717, 1.165) is 5.56 Å². The molecule has 3 rings (SSSR count). The number of hydrogen-bond acceptors (Lipinski definition) is 5. The third-order valence-electron chi connectivity index (χ3n) is 4.82. The standard InChI is InChI=1S/C18H25N5O3S/c1-14(2)15-3-5-16(6-4-15)27(25,26)23-11-9-22(10-12-23)18(24)8-7-17-19-13-20-21-17/h3-6,13-14H,7-12H2,1-2H3,(H,19,20,21). The van der Waals surface area contributed by atoms with Gasteiger partial charge in [0.05, 0.1) is 4.90 Å². The maximum atomic E-state index is 12.8. The van der Waals surface area contributed by atoms with Crippen molar-refractivity contribution in [2.24, 2.45) is 0 Å². The summed E-state index contributed by atoms with van der Waals surface area (Å²) < 4.78 is 27.1. The Morgan fingerprint density at radius 3 is 2.37 bits per heavy atom. The summed E-state index contributed by atoms with van der Waals surface area (Å²) in [5.74, 6) is 1.03. The molecule has 27 heavy (non-hydrogen) atoms. The molecule has 9 heteroatoms. The van der Waals surface area contributed by atoms with Crippen molar-refractivity contribution in [2.75, 3.05) is 26.2 Å². The van der Waals surface area contributed by atoms with Gasteiger partial charge in [0.2, 0.25) is 15.9 Å². The van der Waals surface area contributed by atoms with Crippen molar-refractivity contribution in [1.29, 1.82) is 0 Å². The zero-order valence-electron chi connectivity index (χ0n) is 15.6. The van der Waals surface area contributed by atoms with Crippen LogP contribution >= 0.6 is 0 Å². The van der Waals surface area contributed by atoms with Gasteiger partial charge in [-0.1, -0.05) is 26.0 Å². The Labute approximate surface area is 159 Å². The largest absolute Gasteiger partial charge is 0.340 e. The Balaban J connectivity index is 1.56. The SMILES string of the molecule is CC(C)c1ccc(S(=O)(=O)N2CCN(C(=O)CCc3ncn[nH]3)CC2)cc1. The quantitative estimate of drug-likeness (QED) is 0.802. The van der Waals surface area contributed by atoms with E-state index in [9.17, 15) is 13.2 Å². The van der Waals surface area contributed by atoms with Crippen LogP contribution in [0.1, 0.15) is 37.6 Å². The number of nitrogens with one attached hydrogen (secondary N) is 1. The molecule has 1 saturated heterocycles. The Morgan fingerprint density at radius 2 is 1.81 bits per heavy atom. The van der Waals surface area contributed by atoms with Gasteiger partial charge in [0, 0.05) is 39.0 Å². The van der Waals surface area contributed by atoms with Crippen molar-refractivity contribution >= 4 is 15.9 Å². The second-order valence-electron chi connectivity index (χ2n) is 6.94. The van der Waals surface area contributed by atoms with E-state index >= 15 is 0 Å². The van der Waals surface area contributed by atoms with E-state index < -0.39 is 10.0 Å². The van der Waals surface area contributed by atoms with Crippen LogP contribution in [0.5, 0.6) is 0 Å². The Kier molecular flexibility index (Phi) is 5.91. The molecule has 1 aliphatic heterocycles. The fraction of sp³-hybridized carbons (Fsp3) is 0.500. The molecule has 1 fully saturated rings. The number of amides is 1. The molecule has 146 valence electrons. The van der Waals surface area contributed by atoms with Crippen LogP contribution in [0.3, 0.4) is 0 Å². The van der Waals surface area contributed by atoms with Gasteiger partial charge in [-0.2, -0.15) is 9.40 Å². The fourth-order valence-electron chi connectivity index (χ4n) is 3.09. The van der Waals surface area contributed by atoms with Gasteiger partial charge in [0.25, 0.3) is 0 Å². The van der Waals surface area contributed by atoms with E-state index in [4.69, 9.17) is 0 Å². The minimum Gasteiger partial charge on any atom is -0.340 e. The lowest BCUT2D eigenvalue weighted by atomic mass is 10.0. The summed E-state index contributed by atoms with van der Waals surface area (Å²) in [5.41, 5.74) is 1.11. The first-order valence-electron chi connectivity index (χ1n) is 9.10. The summed E-state index contributed by atoms with van der Waals surface area (Å²) in [5, 5.41) is 6.49. The highest BCUT2D eigenvalue weighted by atomic mass is 32.2. The van der Waals surface area contributed by atoms with Gasteiger partial charge in [-0.15, -0.1) is 0 Å². The van der Waals surface area contributed by atoms with E-state index in [1.54, 1.807) is 17.0 Å². The Morgan fingerprint density at radius 1 is 1.15 bits per heavy atom. The van der Waals surface area contributed by atoms with Gasteiger partial charge in [-0.05, 0) is 23.6 Å². The molecule has 0 unspecified atom stereocenters. The van der Waals surface area contributed by atoms with Gasteiger partial charge < -0.3 is 4.90 Å². The number of carbonyl (C=O) groups excluding carboxylic acids is 1. The van der Waals surface area contributed by atoms with E-state index in [-0.39, 0.29) is 5.91 Å². The number of sulfonamides is 1. The number of rotatable bonds is 6. The molecular formula is C18H25N5O3S. The first-order chi connectivity index (χ1) is 12.9. The van der Waals surface area contributed by atoms with Crippen LogP contribution in [0.2, 0.25) is 0 Å². The maximum Gasteiger partial charge on any atom is 0.243 e. The molecule has 2 aromatic rings. The Hall–Kier alpha value is -2.26. The smallest absolute Gasteiger partial charge is 0.243 e. The first-order valence-corrected chi connectivity index (χ1v) is 10.5. The minimum absolute atomic E-state index is 0.00438. The summed E-state index contributed by atoms with van der Waals surface area (Å²) >= 11 is 0. The number of aromatic nitrogens is 3. The predicted molar refractivity (Wildman–Crippen MR) is 101 cm³/mol.